The third-order valence-corrected chi connectivity index (χ3v) is 2.45. The second-order valence-corrected chi connectivity index (χ2v) is 3.33. The first-order valence-corrected chi connectivity index (χ1v) is 5.19. The summed E-state index contributed by atoms with van der Waals surface area (Å²) in [5.41, 5.74) is -0.686. The van der Waals surface area contributed by atoms with Crippen LogP contribution in [0.4, 0.5) is 0 Å². The number of hydrogen-bond donors (Lipinski definition) is 1. The maximum Gasteiger partial charge on any atom is 0.328 e. The number of aromatic nitrogens is 2. The monoisotopic (exact) mass is 211 g/mol. The van der Waals surface area contributed by atoms with Gasteiger partial charge in [0.05, 0.1) is 0 Å². The van der Waals surface area contributed by atoms with Gasteiger partial charge in [0, 0.05) is 25.4 Å². The summed E-state index contributed by atoms with van der Waals surface area (Å²) in [6.07, 6.45) is 1.53. The number of rotatable bonds is 5. The van der Waals surface area contributed by atoms with Gasteiger partial charge >= 0.3 is 5.69 Å². The Morgan fingerprint density at radius 1 is 1.33 bits per heavy atom. The van der Waals surface area contributed by atoms with E-state index in [-0.39, 0.29) is 11.2 Å². The number of aromatic amines is 1. The van der Waals surface area contributed by atoms with Crippen molar-refractivity contribution >= 4 is 0 Å². The zero-order valence-electron chi connectivity index (χ0n) is 9.19. The van der Waals surface area contributed by atoms with E-state index in [0.29, 0.717) is 6.54 Å². The molecule has 0 atom stereocenters. The lowest BCUT2D eigenvalue weighted by molar-refractivity contribution is 0.288. The van der Waals surface area contributed by atoms with Gasteiger partial charge in [0.15, 0.2) is 0 Å². The molecule has 0 saturated heterocycles. The Balaban J connectivity index is 2.65. The molecule has 0 amide bonds. The highest BCUT2D eigenvalue weighted by atomic mass is 16.2. The van der Waals surface area contributed by atoms with Crippen molar-refractivity contribution in [2.24, 2.45) is 0 Å². The van der Waals surface area contributed by atoms with E-state index in [9.17, 15) is 9.59 Å². The van der Waals surface area contributed by atoms with Crippen molar-refractivity contribution in [3.8, 4) is 0 Å². The Bertz CT molecular complexity index is 404. The molecule has 0 fully saturated rings. The zero-order chi connectivity index (χ0) is 11.3. The van der Waals surface area contributed by atoms with E-state index in [1.54, 1.807) is 0 Å². The van der Waals surface area contributed by atoms with Crippen LogP contribution in [-0.2, 0) is 6.54 Å². The first-order chi connectivity index (χ1) is 7.17. The van der Waals surface area contributed by atoms with Crippen LogP contribution in [0.1, 0.15) is 13.8 Å². The van der Waals surface area contributed by atoms with E-state index < -0.39 is 0 Å². The average molecular weight is 211 g/mol. The van der Waals surface area contributed by atoms with Gasteiger partial charge in [-0.1, -0.05) is 13.8 Å². The molecular weight excluding hydrogens is 194 g/mol. The molecule has 0 aromatic carbocycles. The summed E-state index contributed by atoms with van der Waals surface area (Å²) in [6.45, 7) is 7.53. The van der Waals surface area contributed by atoms with E-state index in [1.807, 2.05) is 0 Å². The molecule has 0 aliphatic heterocycles. The molecule has 1 aromatic heterocycles. The lowest BCUT2D eigenvalue weighted by Gasteiger charge is -2.17. The summed E-state index contributed by atoms with van der Waals surface area (Å²) in [5.74, 6) is 0. The Kier molecular flexibility index (Phi) is 4.30. The first-order valence-electron chi connectivity index (χ1n) is 5.19. The SMILES string of the molecule is CCN(CC)CCn1ccc(=O)[nH]c1=O. The highest BCUT2D eigenvalue weighted by Gasteiger charge is 2.00. The second kappa shape index (κ2) is 5.50. The molecule has 15 heavy (non-hydrogen) atoms. The maximum absolute atomic E-state index is 11.3. The summed E-state index contributed by atoms with van der Waals surface area (Å²) in [6, 6.07) is 1.36. The smallest absolute Gasteiger partial charge is 0.302 e. The Hall–Kier alpha value is -1.36. The molecule has 1 N–H and O–H groups in total. The van der Waals surface area contributed by atoms with Crippen molar-refractivity contribution in [1.82, 2.24) is 14.5 Å². The van der Waals surface area contributed by atoms with Crippen molar-refractivity contribution < 1.29 is 0 Å². The quantitative estimate of drug-likeness (QED) is 0.738. The van der Waals surface area contributed by atoms with Crippen LogP contribution in [0.25, 0.3) is 0 Å². The summed E-state index contributed by atoms with van der Waals surface area (Å²) in [4.78, 5) is 26.6. The van der Waals surface area contributed by atoms with E-state index >= 15 is 0 Å². The van der Waals surface area contributed by atoms with Gasteiger partial charge in [-0.15, -0.1) is 0 Å². The van der Waals surface area contributed by atoms with Crippen molar-refractivity contribution in [3.05, 3.63) is 33.1 Å². The fourth-order valence-electron chi connectivity index (χ4n) is 1.41. The Morgan fingerprint density at radius 3 is 2.53 bits per heavy atom. The fraction of sp³-hybridized carbons (Fsp3) is 0.600. The first kappa shape index (κ1) is 11.7. The van der Waals surface area contributed by atoms with Gasteiger partial charge in [-0.25, -0.2) is 4.79 Å². The van der Waals surface area contributed by atoms with Crippen LogP contribution in [0.2, 0.25) is 0 Å². The van der Waals surface area contributed by atoms with Crippen LogP contribution in [0, 0.1) is 0 Å². The molecular formula is C10H17N3O2. The van der Waals surface area contributed by atoms with Gasteiger partial charge in [0.2, 0.25) is 0 Å². The molecule has 1 aromatic rings. The van der Waals surface area contributed by atoms with Crippen LogP contribution in [0.3, 0.4) is 0 Å². The minimum absolute atomic E-state index is 0.338. The molecule has 5 heteroatoms. The lowest BCUT2D eigenvalue weighted by Crippen LogP contribution is -2.33. The third-order valence-electron chi connectivity index (χ3n) is 2.45. The Morgan fingerprint density at radius 2 is 2.00 bits per heavy atom. The van der Waals surface area contributed by atoms with Crippen molar-refractivity contribution in [2.45, 2.75) is 20.4 Å². The summed E-state index contributed by atoms with van der Waals surface area (Å²) in [7, 11) is 0. The molecule has 0 radical (unpaired) electrons. The van der Waals surface area contributed by atoms with Crippen LogP contribution in [-0.4, -0.2) is 34.1 Å². The highest BCUT2D eigenvalue weighted by molar-refractivity contribution is 4.82. The third kappa shape index (κ3) is 3.36. The standard InChI is InChI=1S/C10H17N3O2/c1-3-12(4-2)7-8-13-6-5-9(14)11-10(13)15/h5-6H,3-4,7-8H2,1-2H3,(H,11,14,15). The molecule has 0 bridgehead atoms. The molecule has 0 spiro atoms. The predicted octanol–water partition coefficient (Wildman–Crippen LogP) is -0.122. The van der Waals surface area contributed by atoms with E-state index in [1.165, 1.54) is 16.8 Å². The zero-order valence-corrected chi connectivity index (χ0v) is 9.19. The molecule has 84 valence electrons. The fourth-order valence-corrected chi connectivity index (χ4v) is 1.41. The predicted molar refractivity (Wildman–Crippen MR) is 59.1 cm³/mol. The summed E-state index contributed by atoms with van der Waals surface area (Å²) >= 11 is 0. The maximum atomic E-state index is 11.3. The highest BCUT2D eigenvalue weighted by Crippen LogP contribution is 1.87. The average Bonchev–Trinajstić information content (AvgIpc) is 2.22. The van der Waals surface area contributed by atoms with Crippen molar-refractivity contribution in [3.63, 3.8) is 0 Å². The normalized spacial score (nSPS) is 10.9. The minimum Gasteiger partial charge on any atom is -0.302 e. The lowest BCUT2D eigenvalue weighted by atomic mass is 10.4. The molecule has 0 saturated carbocycles. The largest absolute Gasteiger partial charge is 0.328 e. The van der Waals surface area contributed by atoms with Crippen molar-refractivity contribution in [2.75, 3.05) is 19.6 Å². The summed E-state index contributed by atoms with van der Waals surface area (Å²) in [5, 5.41) is 0. The molecule has 0 unspecified atom stereocenters. The number of nitrogens with zero attached hydrogens (tertiary/aromatic N) is 2. The summed E-state index contributed by atoms with van der Waals surface area (Å²) < 4.78 is 1.51. The van der Waals surface area contributed by atoms with Gasteiger partial charge in [-0.3, -0.25) is 14.3 Å². The van der Waals surface area contributed by atoms with E-state index in [4.69, 9.17) is 0 Å². The minimum atomic E-state index is -0.348. The van der Waals surface area contributed by atoms with Gasteiger partial charge in [0.25, 0.3) is 5.56 Å². The molecule has 0 aliphatic carbocycles. The molecule has 5 nitrogen and oxygen atoms in total. The van der Waals surface area contributed by atoms with Gasteiger partial charge < -0.3 is 4.90 Å². The van der Waals surface area contributed by atoms with Crippen LogP contribution < -0.4 is 11.2 Å². The molecule has 1 heterocycles. The molecule has 1 rings (SSSR count). The van der Waals surface area contributed by atoms with Crippen molar-refractivity contribution in [1.29, 1.82) is 0 Å². The second-order valence-electron chi connectivity index (χ2n) is 3.33. The van der Waals surface area contributed by atoms with Gasteiger partial charge in [0.1, 0.15) is 0 Å². The van der Waals surface area contributed by atoms with Crippen LogP contribution >= 0.6 is 0 Å². The van der Waals surface area contributed by atoms with Crippen LogP contribution in [0.5, 0.6) is 0 Å². The number of likely N-dealkylation sites (N-methyl/N-ethyl adjacent to an activating group) is 1. The van der Waals surface area contributed by atoms with E-state index in [0.717, 1.165) is 19.6 Å². The number of H-pyrrole nitrogens is 1. The molecule has 0 aliphatic rings. The van der Waals surface area contributed by atoms with Crippen LogP contribution in [0.15, 0.2) is 21.9 Å². The van der Waals surface area contributed by atoms with E-state index in [2.05, 4.69) is 23.7 Å². The Labute approximate surface area is 88.4 Å². The number of hydrogen-bond acceptors (Lipinski definition) is 3. The van der Waals surface area contributed by atoms with Gasteiger partial charge in [-0.05, 0) is 13.1 Å². The number of nitrogens with one attached hydrogen (secondary N) is 1. The van der Waals surface area contributed by atoms with Gasteiger partial charge in [-0.2, -0.15) is 0 Å². The topological polar surface area (TPSA) is 58.1 Å².